The van der Waals surface area contributed by atoms with Crippen LogP contribution in [0.15, 0.2) is 38.9 Å². The van der Waals surface area contributed by atoms with Gasteiger partial charge in [0.1, 0.15) is 0 Å². The molecular weight excluding hydrogens is 312 g/mol. The molecule has 0 spiro atoms. The number of rotatable bonds is 2. The first-order valence-corrected chi connectivity index (χ1v) is 8.09. The summed E-state index contributed by atoms with van der Waals surface area (Å²) in [6.07, 6.45) is 5.58. The average molecular weight is 333 g/mol. The zero-order valence-corrected chi connectivity index (χ0v) is 13.9. The highest BCUT2D eigenvalue weighted by Crippen LogP contribution is 2.63. The zero-order valence-electron chi connectivity index (χ0n) is 12.4. The molecule has 0 aromatic heterocycles. The van der Waals surface area contributed by atoms with Gasteiger partial charge in [-0.05, 0) is 48.3 Å². The maximum absolute atomic E-state index is 4.57. The van der Waals surface area contributed by atoms with Crippen LogP contribution in [-0.2, 0) is 0 Å². The summed E-state index contributed by atoms with van der Waals surface area (Å²) in [5, 5.41) is 8.90. The van der Waals surface area contributed by atoms with Crippen molar-refractivity contribution in [3.8, 4) is 0 Å². The lowest BCUT2D eigenvalue weighted by Gasteiger charge is -2.34. The summed E-state index contributed by atoms with van der Waals surface area (Å²) in [6.45, 7) is 7.16. The van der Waals surface area contributed by atoms with E-state index in [1.807, 2.05) is 30.5 Å². The smallest absolute Gasteiger partial charge is 0.0568 e. The number of fused-ring (bicyclic) bond motifs is 2. The minimum Gasteiger partial charge on any atom is -0.160 e. The zero-order chi connectivity index (χ0) is 14.4. The standard InChI is InChI=1S/C17H21BrN2/c1-16(2)13-8-9-17(16,3)15(10-13)20-19-11-12-4-6-14(18)7-5-12/h4-7,11,13H,8-10H2,1-3H3/b19-11+,20-15?. The van der Waals surface area contributed by atoms with Crippen molar-refractivity contribution in [2.45, 2.75) is 40.0 Å². The van der Waals surface area contributed by atoms with Gasteiger partial charge in [0.25, 0.3) is 0 Å². The summed E-state index contributed by atoms with van der Waals surface area (Å²) in [7, 11) is 0. The molecule has 0 N–H and O–H groups in total. The first kappa shape index (κ1) is 14.0. The third-order valence-electron chi connectivity index (χ3n) is 5.77. The first-order chi connectivity index (χ1) is 9.43. The van der Waals surface area contributed by atoms with Gasteiger partial charge in [0.15, 0.2) is 0 Å². The second kappa shape index (κ2) is 4.80. The average Bonchev–Trinajstić information content (AvgIpc) is 2.74. The van der Waals surface area contributed by atoms with Crippen LogP contribution in [0.2, 0.25) is 0 Å². The highest BCUT2D eigenvalue weighted by molar-refractivity contribution is 9.10. The highest BCUT2D eigenvalue weighted by Gasteiger charge is 2.59. The van der Waals surface area contributed by atoms with Gasteiger partial charge in [-0.1, -0.05) is 48.8 Å². The van der Waals surface area contributed by atoms with Crippen LogP contribution in [0.4, 0.5) is 0 Å². The van der Waals surface area contributed by atoms with E-state index in [0.29, 0.717) is 5.41 Å². The van der Waals surface area contributed by atoms with Crippen molar-refractivity contribution in [2.24, 2.45) is 27.0 Å². The summed E-state index contributed by atoms with van der Waals surface area (Å²) >= 11 is 3.44. The fraction of sp³-hybridized carbons (Fsp3) is 0.529. The molecule has 20 heavy (non-hydrogen) atoms. The summed E-state index contributed by atoms with van der Waals surface area (Å²) < 4.78 is 1.09. The van der Waals surface area contributed by atoms with Gasteiger partial charge in [-0.2, -0.15) is 10.2 Å². The van der Waals surface area contributed by atoms with Crippen LogP contribution in [0.1, 0.15) is 45.6 Å². The van der Waals surface area contributed by atoms with Crippen molar-refractivity contribution in [1.82, 2.24) is 0 Å². The Morgan fingerprint density at radius 1 is 1.20 bits per heavy atom. The lowest BCUT2D eigenvalue weighted by molar-refractivity contribution is 0.194. The van der Waals surface area contributed by atoms with Gasteiger partial charge in [0.05, 0.1) is 6.21 Å². The first-order valence-electron chi connectivity index (χ1n) is 7.29. The molecule has 0 heterocycles. The Hall–Kier alpha value is -0.960. The molecule has 2 fully saturated rings. The molecule has 3 rings (SSSR count). The van der Waals surface area contributed by atoms with E-state index < -0.39 is 0 Å². The summed E-state index contributed by atoms with van der Waals surface area (Å²) in [6, 6.07) is 8.13. The molecule has 2 atom stereocenters. The van der Waals surface area contributed by atoms with Crippen LogP contribution < -0.4 is 0 Å². The topological polar surface area (TPSA) is 24.7 Å². The quantitative estimate of drug-likeness (QED) is 0.533. The third kappa shape index (κ3) is 2.07. The molecule has 1 aromatic carbocycles. The molecule has 106 valence electrons. The van der Waals surface area contributed by atoms with Crippen molar-refractivity contribution in [2.75, 3.05) is 0 Å². The number of halogens is 1. The minimum atomic E-state index is 0.245. The predicted molar refractivity (Wildman–Crippen MR) is 88.4 cm³/mol. The van der Waals surface area contributed by atoms with Crippen molar-refractivity contribution < 1.29 is 0 Å². The minimum absolute atomic E-state index is 0.245. The van der Waals surface area contributed by atoms with Gasteiger partial charge in [-0.15, -0.1) is 0 Å². The van der Waals surface area contributed by atoms with E-state index in [1.54, 1.807) is 0 Å². The molecule has 0 amide bonds. The Bertz CT molecular complexity index is 571. The van der Waals surface area contributed by atoms with E-state index in [2.05, 4.69) is 46.9 Å². The Morgan fingerprint density at radius 3 is 2.45 bits per heavy atom. The summed E-state index contributed by atoms with van der Waals surface area (Å²) in [5.41, 5.74) is 3.01. The van der Waals surface area contributed by atoms with E-state index in [4.69, 9.17) is 0 Å². The van der Waals surface area contributed by atoms with E-state index in [1.165, 1.54) is 18.6 Å². The lowest BCUT2D eigenvalue weighted by Crippen LogP contribution is -2.32. The molecule has 3 heteroatoms. The lowest BCUT2D eigenvalue weighted by atomic mass is 9.70. The van der Waals surface area contributed by atoms with Gasteiger partial charge in [0.2, 0.25) is 0 Å². The Labute approximate surface area is 129 Å². The van der Waals surface area contributed by atoms with Gasteiger partial charge in [0, 0.05) is 15.6 Å². The van der Waals surface area contributed by atoms with Crippen molar-refractivity contribution in [3.63, 3.8) is 0 Å². The molecule has 2 unspecified atom stereocenters. The predicted octanol–water partition coefficient (Wildman–Crippen LogP) is 5.07. The van der Waals surface area contributed by atoms with Crippen molar-refractivity contribution >= 4 is 27.9 Å². The Morgan fingerprint density at radius 2 is 1.90 bits per heavy atom. The fourth-order valence-electron chi connectivity index (χ4n) is 3.79. The second-order valence-electron chi connectivity index (χ2n) is 6.84. The molecule has 0 saturated heterocycles. The van der Waals surface area contributed by atoms with Crippen LogP contribution in [0.5, 0.6) is 0 Å². The fourth-order valence-corrected chi connectivity index (χ4v) is 4.06. The second-order valence-corrected chi connectivity index (χ2v) is 7.75. The normalized spacial score (nSPS) is 33.4. The van der Waals surface area contributed by atoms with E-state index in [9.17, 15) is 0 Å². The highest BCUT2D eigenvalue weighted by atomic mass is 79.9. The number of benzene rings is 1. The monoisotopic (exact) mass is 332 g/mol. The molecule has 2 bridgehead atoms. The van der Waals surface area contributed by atoms with Gasteiger partial charge in [-0.3, -0.25) is 0 Å². The Balaban J connectivity index is 1.79. The summed E-state index contributed by atoms with van der Waals surface area (Å²) in [4.78, 5) is 0. The van der Waals surface area contributed by atoms with E-state index in [0.717, 1.165) is 22.4 Å². The van der Waals surface area contributed by atoms with Crippen LogP contribution in [0.3, 0.4) is 0 Å². The molecule has 2 saturated carbocycles. The van der Waals surface area contributed by atoms with Crippen LogP contribution >= 0.6 is 15.9 Å². The van der Waals surface area contributed by atoms with Crippen LogP contribution in [0, 0.1) is 16.7 Å². The molecular formula is C17H21BrN2. The van der Waals surface area contributed by atoms with Gasteiger partial charge < -0.3 is 0 Å². The van der Waals surface area contributed by atoms with E-state index in [-0.39, 0.29) is 5.41 Å². The molecule has 2 aliphatic rings. The van der Waals surface area contributed by atoms with Crippen molar-refractivity contribution in [1.29, 1.82) is 0 Å². The number of hydrogen-bond donors (Lipinski definition) is 0. The number of hydrogen-bond acceptors (Lipinski definition) is 2. The van der Waals surface area contributed by atoms with Crippen LogP contribution in [0.25, 0.3) is 0 Å². The molecule has 1 aromatic rings. The molecule has 2 nitrogen and oxygen atoms in total. The number of nitrogens with zero attached hydrogens (tertiary/aromatic N) is 2. The van der Waals surface area contributed by atoms with Crippen LogP contribution in [-0.4, -0.2) is 11.9 Å². The van der Waals surface area contributed by atoms with Crippen molar-refractivity contribution in [3.05, 3.63) is 34.3 Å². The Kier molecular flexibility index (Phi) is 3.36. The maximum atomic E-state index is 4.57. The molecule has 2 aliphatic carbocycles. The molecule has 0 radical (unpaired) electrons. The summed E-state index contributed by atoms with van der Waals surface area (Å²) in [5.74, 6) is 0.786. The SMILES string of the molecule is CC12CCC(CC1=N/N=C/c1ccc(Br)cc1)C2(C)C. The van der Waals surface area contributed by atoms with Gasteiger partial charge >= 0.3 is 0 Å². The van der Waals surface area contributed by atoms with Gasteiger partial charge in [-0.25, -0.2) is 0 Å². The molecule has 0 aliphatic heterocycles. The third-order valence-corrected chi connectivity index (χ3v) is 6.30. The largest absolute Gasteiger partial charge is 0.160 e. The maximum Gasteiger partial charge on any atom is 0.0568 e. The van der Waals surface area contributed by atoms with E-state index >= 15 is 0 Å².